The molecule has 5 nitrogen and oxygen atoms in total. The minimum atomic E-state index is 0.500. The Labute approximate surface area is 114 Å². The van der Waals surface area contributed by atoms with Gasteiger partial charge in [-0.1, -0.05) is 0 Å². The smallest absolute Gasteiger partial charge is 0.214 e. The number of nitrogens with one attached hydrogen (secondary N) is 1. The number of aromatic nitrogens is 3. The normalized spacial score (nSPS) is 11.1. The third kappa shape index (κ3) is 2.15. The maximum atomic E-state index is 5.49. The van der Waals surface area contributed by atoms with Crippen LogP contribution in [0.25, 0.3) is 11.0 Å². The van der Waals surface area contributed by atoms with Gasteiger partial charge < -0.3 is 18.7 Å². The Morgan fingerprint density at radius 3 is 3.00 bits per heavy atom. The lowest BCUT2D eigenvalue weighted by molar-refractivity contribution is 0.415. The molecule has 0 saturated heterocycles. The van der Waals surface area contributed by atoms with Gasteiger partial charge in [0, 0.05) is 6.07 Å². The van der Waals surface area contributed by atoms with Crippen LogP contribution in [0.2, 0.25) is 0 Å². The second-order valence-corrected chi connectivity index (χ2v) is 4.65. The summed E-state index contributed by atoms with van der Waals surface area (Å²) >= 11 is 5.34. The van der Waals surface area contributed by atoms with E-state index in [1.807, 2.05) is 29.7 Å². The highest BCUT2D eigenvalue weighted by Crippen LogP contribution is 2.21. The minimum Gasteiger partial charge on any atom is -0.497 e. The van der Waals surface area contributed by atoms with Crippen molar-refractivity contribution in [2.24, 2.45) is 0 Å². The second kappa shape index (κ2) is 4.55. The van der Waals surface area contributed by atoms with E-state index in [4.69, 9.17) is 21.4 Å². The number of H-pyrrole nitrogens is 1. The number of methoxy groups -OCH3 is 1. The summed E-state index contributed by atoms with van der Waals surface area (Å²) in [7, 11) is 1.64. The number of fused-ring (bicyclic) bond motifs is 1. The molecule has 1 N–H and O–H groups in total. The van der Waals surface area contributed by atoms with Crippen LogP contribution in [0.3, 0.4) is 0 Å². The Balaban J connectivity index is 2.11. The van der Waals surface area contributed by atoms with E-state index in [0.29, 0.717) is 17.2 Å². The molecule has 0 bridgehead atoms. The molecule has 2 aromatic heterocycles. The van der Waals surface area contributed by atoms with Crippen molar-refractivity contribution in [1.82, 2.24) is 14.5 Å². The van der Waals surface area contributed by atoms with Crippen LogP contribution in [0.4, 0.5) is 0 Å². The summed E-state index contributed by atoms with van der Waals surface area (Å²) < 4.78 is 13.3. The Morgan fingerprint density at radius 2 is 2.32 bits per heavy atom. The van der Waals surface area contributed by atoms with Gasteiger partial charge >= 0.3 is 0 Å². The molecule has 6 heteroatoms. The maximum Gasteiger partial charge on any atom is 0.214 e. The zero-order valence-corrected chi connectivity index (χ0v) is 11.5. The SMILES string of the molecule is COc1ccc2[nH]c(=S)n(Cc3ncc(C)o3)c2c1. The van der Waals surface area contributed by atoms with E-state index in [2.05, 4.69) is 9.97 Å². The molecule has 0 spiro atoms. The monoisotopic (exact) mass is 275 g/mol. The van der Waals surface area contributed by atoms with Crippen LogP contribution < -0.4 is 4.74 Å². The fraction of sp³-hybridized carbons (Fsp3) is 0.231. The van der Waals surface area contributed by atoms with Gasteiger partial charge in [0.1, 0.15) is 18.1 Å². The molecule has 98 valence electrons. The molecule has 0 aliphatic heterocycles. The molecule has 0 saturated carbocycles. The molecule has 0 aliphatic rings. The predicted molar refractivity (Wildman–Crippen MR) is 74.0 cm³/mol. The van der Waals surface area contributed by atoms with Crippen LogP contribution in [0.15, 0.2) is 28.8 Å². The average Bonchev–Trinajstić information content (AvgIpc) is 2.94. The van der Waals surface area contributed by atoms with Gasteiger partial charge in [0.2, 0.25) is 5.89 Å². The molecular weight excluding hydrogens is 262 g/mol. The van der Waals surface area contributed by atoms with Crippen molar-refractivity contribution in [2.75, 3.05) is 7.11 Å². The van der Waals surface area contributed by atoms with Crippen LogP contribution >= 0.6 is 12.2 Å². The number of hydrogen-bond donors (Lipinski definition) is 1. The van der Waals surface area contributed by atoms with Crippen LogP contribution in [0.1, 0.15) is 11.7 Å². The molecule has 3 aromatic rings. The lowest BCUT2D eigenvalue weighted by Gasteiger charge is -2.03. The molecule has 0 amide bonds. The zero-order chi connectivity index (χ0) is 13.4. The van der Waals surface area contributed by atoms with Crippen molar-refractivity contribution >= 4 is 23.3 Å². The average molecular weight is 275 g/mol. The lowest BCUT2D eigenvalue weighted by atomic mass is 10.3. The Kier molecular flexibility index (Phi) is 2.87. The second-order valence-electron chi connectivity index (χ2n) is 4.26. The fourth-order valence-corrected chi connectivity index (χ4v) is 2.30. The van der Waals surface area contributed by atoms with Gasteiger partial charge in [-0.3, -0.25) is 0 Å². The standard InChI is InChI=1S/C13H13N3O2S/c1-8-6-14-12(18-8)7-16-11-5-9(17-2)3-4-10(11)15-13(16)19/h3-6H,7H2,1-2H3,(H,15,19). The van der Waals surface area contributed by atoms with E-state index in [-0.39, 0.29) is 0 Å². The molecule has 0 aliphatic carbocycles. The van der Waals surface area contributed by atoms with E-state index in [1.54, 1.807) is 13.3 Å². The van der Waals surface area contributed by atoms with Gasteiger partial charge in [-0.15, -0.1) is 0 Å². The Bertz CT molecular complexity index is 785. The first kappa shape index (κ1) is 12.0. The van der Waals surface area contributed by atoms with Gasteiger partial charge in [-0.05, 0) is 31.3 Å². The number of rotatable bonds is 3. The fourth-order valence-electron chi connectivity index (χ4n) is 2.03. The first-order valence-corrected chi connectivity index (χ1v) is 6.26. The van der Waals surface area contributed by atoms with Crippen molar-refractivity contribution in [3.63, 3.8) is 0 Å². The topological polar surface area (TPSA) is 56.0 Å². The van der Waals surface area contributed by atoms with Crippen molar-refractivity contribution in [2.45, 2.75) is 13.5 Å². The van der Waals surface area contributed by atoms with E-state index in [1.165, 1.54) is 0 Å². The van der Waals surface area contributed by atoms with Crippen LogP contribution in [0.5, 0.6) is 5.75 Å². The number of oxazole rings is 1. The summed E-state index contributed by atoms with van der Waals surface area (Å²) in [5.74, 6) is 2.22. The van der Waals surface area contributed by atoms with E-state index >= 15 is 0 Å². The molecule has 19 heavy (non-hydrogen) atoms. The zero-order valence-electron chi connectivity index (χ0n) is 10.6. The Hall–Kier alpha value is -2.08. The molecule has 0 fully saturated rings. The first-order valence-electron chi connectivity index (χ1n) is 5.85. The quantitative estimate of drug-likeness (QED) is 0.746. The van der Waals surface area contributed by atoms with Gasteiger partial charge in [0.15, 0.2) is 4.77 Å². The number of ether oxygens (including phenoxy) is 1. The van der Waals surface area contributed by atoms with Gasteiger partial charge in [-0.25, -0.2) is 4.98 Å². The van der Waals surface area contributed by atoms with Crippen LogP contribution in [-0.2, 0) is 6.54 Å². The molecule has 0 atom stereocenters. The van der Waals surface area contributed by atoms with Crippen LogP contribution in [0, 0.1) is 11.7 Å². The first-order chi connectivity index (χ1) is 9.17. The highest BCUT2D eigenvalue weighted by Gasteiger charge is 2.09. The van der Waals surface area contributed by atoms with Gasteiger partial charge in [0.25, 0.3) is 0 Å². The minimum absolute atomic E-state index is 0.500. The summed E-state index contributed by atoms with van der Waals surface area (Å²) in [4.78, 5) is 7.36. The van der Waals surface area contributed by atoms with E-state index in [9.17, 15) is 0 Å². The van der Waals surface area contributed by atoms with Crippen molar-refractivity contribution in [3.8, 4) is 5.75 Å². The lowest BCUT2D eigenvalue weighted by Crippen LogP contribution is -1.99. The number of aryl methyl sites for hydroxylation is 1. The van der Waals surface area contributed by atoms with Crippen molar-refractivity contribution in [3.05, 3.63) is 40.8 Å². The van der Waals surface area contributed by atoms with E-state index in [0.717, 1.165) is 22.5 Å². The third-order valence-electron chi connectivity index (χ3n) is 2.94. The highest BCUT2D eigenvalue weighted by molar-refractivity contribution is 7.71. The van der Waals surface area contributed by atoms with Crippen LogP contribution in [-0.4, -0.2) is 21.6 Å². The number of imidazole rings is 1. The Morgan fingerprint density at radius 1 is 1.47 bits per heavy atom. The third-order valence-corrected chi connectivity index (χ3v) is 3.27. The number of benzene rings is 1. The van der Waals surface area contributed by atoms with Crippen molar-refractivity contribution < 1.29 is 9.15 Å². The molecule has 3 rings (SSSR count). The summed E-state index contributed by atoms with van der Waals surface area (Å²) in [5.41, 5.74) is 1.94. The predicted octanol–water partition coefficient (Wildman–Crippen LogP) is 3.05. The van der Waals surface area contributed by atoms with Gasteiger partial charge in [-0.2, -0.15) is 0 Å². The number of hydrogen-bond acceptors (Lipinski definition) is 4. The molecule has 0 unspecified atom stereocenters. The molecule has 1 aromatic carbocycles. The number of aromatic amines is 1. The molecule has 2 heterocycles. The van der Waals surface area contributed by atoms with E-state index < -0.39 is 0 Å². The largest absolute Gasteiger partial charge is 0.497 e. The van der Waals surface area contributed by atoms with Gasteiger partial charge in [0.05, 0.1) is 24.3 Å². The molecule has 0 radical (unpaired) electrons. The summed E-state index contributed by atoms with van der Waals surface area (Å²) in [6.07, 6.45) is 1.70. The summed E-state index contributed by atoms with van der Waals surface area (Å²) in [5, 5.41) is 0. The van der Waals surface area contributed by atoms with Crippen molar-refractivity contribution in [1.29, 1.82) is 0 Å². The maximum absolute atomic E-state index is 5.49. The molecular formula is C13H13N3O2S. The number of nitrogens with zero attached hydrogens (tertiary/aromatic N) is 2. The summed E-state index contributed by atoms with van der Waals surface area (Å²) in [6, 6.07) is 5.78. The highest BCUT2D eigenvalue weighted by atomic mass is 32.1. The summed E-state index contributed by atoms with van der Waals surface area (Å²) in [6.45, 7) is 2.37.